The molecule has 0 fully saturated rings. The Bertz CT molecular complexity index is 942. The molecule has 0 N–H and O–H groups in total. The fourth-order valence-electron chi connectivity index (χ4n) is 2.80. The van der Waals surface area contributed by atoms with Gasteiger partial charge in [-0.05, 0) is 34.7 Å². The third-order valence-electron chi connectivity index (χ3n) is 3.74. The van der Waals surface area contributed by atoms with Crippen molar-refractivity contribution in [1.82, 2.24) is 9.55 Å². The normalized spacial score (nSPS) is 11.8. The molecule has 4 rings (SSSR count). The molecule has 2 nitrogen and oxygen atoms in total. The van der Waals surface area contributed by atoms with Crippen LogP contribution in [-0.2, 0) is 7.05 Å². The number of rotatable bonds is 0. The van der Waals surface area contributed by atoms with Crippen molar-refractivity contribution in [2.24, 2.45) is 7.05 Å². The van der Waals surface area contributed by atoms with E-state index < -0.39 is 0 Å². The first kappa shape index (κ1) is 12.4. The van der Waals surface area contributed by atoms with E-state index in [1.807, 2.05) is 12.1 Å². The van der Waals surface area contributed by atoms with Gasteiger partial charge in [-0.2, -0.15) is 0 Å². The van der Waals surface area contributed by atoms with E-state index in [2.05, 4.69) is 64.5 Å². The van der Waals surface area contributed by atoms with E-state index in [9.17, 15) is 0 Å². The second kappa shape index (κ2) is 4.33. The molecule has 0 aliphatic carbocycles. The molecule has 0 radical (unpaired) electrons. The average molecular weight is 393 g/mol. The van der Waals surface area contributed by atoms with Gasteiger partial charge in [0.2, 0.25) is 0 Å². The molecule has 4 heteroatoms. The van der Waals surface area contributed by atoms with Gasteiger partial charge in [-0.25, -0.2) is 4.98 Å². The molecule has 0 unspecified atom stereocenters. The van der Waals surface area contributed by atoms with Crippen molar-refractivity contribution >= 4 is 56.0 Å². The number of halogens is 2. The van der Waals surface area contributed by atoms with Crippen LogP contribution in [-0.4, -0.2) is 9.55 Å². The minimum Gasteiger partial charge on any atom is -0.342 e. The van der Waals surface area contributed by atoms with E-state index in [0.29, 0.717) is 5.02 Å². The summed E-state index contributed by atoms with van der Waals surface area (Å²) in [6, 6.07) is 14.4. The zero-order valence-corrected chi connectivity index (χ0v) is 13.6. The first-order chi connectivity index (χ1) is 9.68. The Hall–Kier alpha value is -1.33. The Morgan fingerprint density at radius 3 is 2.65 bits per heavy atom. The third-order valence-corrected chi connectivity index (χ3v) is 5.13. The number of aryl methyl sites for hydroxylation is 1. The van der Waals surface area contributed by atoms with Gasteiger partial charge >= 0.3 is 0 Å². The summed E-state index contributed by atoms with van der Waals surface area (Å²) >= 11 is 8.67. The van der Waals surface area contributed by atoms with Gasteiger partial charge in [0.05, 0.1) is 19.8 Å². The summed E-state index contributed by atoms with van der Waals surface area (Å²) in [7, 11) is 2.09. The average Bonchev–Trinajstić information content (AvgIpc) is 2.86. The maximum absolute atomic E-state index is 6.29. The highest BCUT2D eigenvalue weighted by Crippen LogP contribution is 2.40. The van der Waals surface area contributed by atoms with Gasteiger partial charge in [0.1, 0.15) is 5.69 Å². The highest BCUT2D eigenvalue weighted by molar-refractivity contribution is 14.1. The van der Waals surface area contributed by atoms with Gasteiger partial charge in [0.15, 0.2) is 0 Å². The van der Waals surface area contributed by atoms with E-state index in [0.717, 1.165) is 22.3 Å². The number of fused-ring (bicyclic) bond motifs is 4. The van der Waals surface area contributed by atoms with Crippen LogP contribution in [0.2, 0.25) is 5.02 Å². The molecular weight excluding hydrogens is 383 g/mol. The van der Waals surface area contributed by atoms with Crippen molar-refractivity contribution in [2.75, 3.05) is 0 Å². The molecule has 2 aromatic rings. The second-order valence-corrected chi connectivity index (χ2v) is 6.32. The van der Waals surface area contributed by atoms with Crippen LogP contribution < -0.4 is 0 Å². The summed E-state index contributed by atoms with van der Waals surface area (Å²) in [5, 5.41) is 3.04. The van der Waals surface area contributed by atoms with Crippen molar-refractivity contribution in [3.05, 3.63) is 51.1 Å². The van der Waals surface area contributed by atoms with Gasteiger partial charge in [0, 0.05) is 23.3 Å². The lowest BCUT2D eigenvalue weighted by atomic mass is 10.1. The zero-order valence-electron chi connectivity index (χ0n) is 10.7. The molecule has 0 bridgehead atoms. The number of hydrogen-bond donors (Lipinski definition) is 0. The summed E-state index contributed by atoms with van der Waals surface area (Å²) in [6.07, 6.45) is 0. The first-order valence-electron chi connectivity index (χ1n) is 6.29. The first-order valence-corrected chi connectivity index (χ1v) is 7.75. The van der Waals surface area contributed by atoms with Crippen LogP contribution in [0.1, 0.15) is 0 Å². The minimum absolute atomic E-state index is 0.707. The molecule has 20 heavy (non-hydrogen) atoms. The Labute approximate surface area is 134 Å². The summed E-state index contributed by atoms with van der Waals surface area (Å²) in [4.78, 5) is 4.76. The Morgan fingerprint density at radius 2 is 1.80 bits per heavy atom. The largest absolute Gasteiger partial charge is 0.342 e. The van der Waals surface area contributed by atoms with Crippen LogP contribution in [0.25, 0.3) is 33.2 Å². The zero-order chi connectivity index (χ0) is 13.9. The smallest absolute Gasteiger partial charge is 0.102 e. The number of benzene rings is 2. The van der Waals surface area contributed by atoms with E-state index in [1.54, 1.807) is 0 Å². The van der Waals surface area contributed by atoms with E-state index in [4.69, 9.17) is 16.6 Å². The molecule has 2 aliphatic rings. The van der Waals surface area contributed by atoms with E-state index in [-0.39, 0.29) is 0 Å². The van der Waals surface area contributed by atoms with E-state index >= 15 is 0 Å². The molecule has 0 atom stereocenters. The Balaban J connectivity index is 2.35. The number of hydrogen-bond acceptors (Lipinski definition) is 1. The maximum Gasteiger partial charge on any atom is 0.102 e. The quantitative estimate of drug-likeness (QED) is 0.381. The van der Waals surface area contributed by atoms with Crippen molar-refractivity contribution in [3.63, 3.8) is 0 Å². The molecule has 0 saturated carbocycles. The van der Waals surface area contributed by atoms with Crippen molar-refractivity contribution in [2.45, 2.75) is 0 Å². The summed E-state index contributed by atoms with van der Waals surface area (Å²) < 4.78 is 3.39. The molecule has 0 saturated heterocycles. The van der Waals surface area contributed by atoms with Crippen LogP contribution >= 0.6 is 34.2 Å². The third kappa shape index (κ3) is 1.53. The van der Waals surface area contributed by atoms with Crippen molar-refractivity contribution in [1.29, 1.82) is 0 Å². The van der Waals surface area contributed by atoms with Gasteiger partial charge in [-0.1, -0.05) is 41.9 Å². The number of pyridine rings is 1. The molecule has 2 aromatic carbocycles. The fraction of sp³-hybridized carbons (Fsp3) is 0.0625. The SMILES string of the molecule is Cn1c2c3cccc(Cl)c3nc-2c(I)c2ccccc21. The topological polar surface area (TPSA) is 17.8 Å². The fourth-order valence-corrected chi connectivity index (χ4v) is 3.85. The van der Waals surface area contributed by atoms with Gasteiger partial charge in [-0.3, -0.25) is 0 Å². The molecule has 0 amide bonds. The number of aromatic nitrogens is 2. The lowest BCUT2D eigenvalue weighted by molar-refractivity contribution is 0.965. The monoisotopic (exact) mass is 392 g/mol. The van der Waals surface area contributed by atoms with Crippen LogP contribution in [0.15, 0.2) is 42.5 Å². The number of para-hydroxylation sites is 2. The lowest BCUT2D eigenvalue weighted by Gasteiger charge is -2.14. The summed E-state index contributed by atoms with van der Waals surface area (Å²) in [6.45, 7) is 0. The highest BCUT2D eigenvalue weighted by atomic mass is 127. The van der Waals surface area contributed by atoms with Gasteiger partial charge in [0.25, 0.3) is 0 Å². The molecule has 2 heterocycles. The van der Waals surface area contributed by atoms with Crippen LogP contribution in [0.3, 0.4) is 0 Å². The molecule has 2 aliphatic heterocycles. The number of nitrogens with zero attached hydrogens (tertiary/aromatic N) is 2. The predicted molar refractivity (Wildman–Crippen MR) is 92.6 cm³/mol. The van der Waals surface area contributed by atoms with Gasteiger partial charge < -0.3 is 4.57 Å². The van der Waals surface area contributed by atoms with Crippen molar-refractivity contribution < 1.29 is 0 Å². The maximum atomic E-state index is 6.29. The highest BCUT2D eigenvalue weighted by Gasteiger charge is 2.21. The lowest BCUT2D eigenvalue weighted by Crippen LogP contribution is -2.01. The molecule has 0 spiro atoms. The predicted octanol–water partition coefficient (Wildman–Crippen LogP) is 5.09. The second-order valence-electron chi connectivity index (χ2n) is 4.84. The Morgan fingerprint density at radius 1 is 1.05 bits per heavy atom. The molecule has 98 valence electrons. The summed E-state index contributed by atoms with van der Waals surface area (Å²) in [5.41, 5.74) is 4.26. The standard InChI is InChI=1S/C16H10ClIN2/c1-20-12-8-3-2-5-9(12)13(18)15-16(20)10-6-4-7-11(17)14(10)19-15/h2-8H,1H3. The summed E-state index contributed by atoms with van der Waals surface area (Å²) in [5.74, 6) is 0. The van der Waals surface area contributed by atoms with Crippen LogP contribution in [0.4, 0.5) is 0 Å². The minimum atomic E-state index is 0.707. The van der Waals surface area contributed by atoms with Gasteiger partial charge in [-0.15, -0.1) is 0 Å². The van der Waals surface area contributed by atoms with Crippen molar-refractivity contribution in [3.8, 4) is 11.4 Å². The molecular formula is C16H10ClIN2. The van der Waals surface area contributed by atoms with Crippen LogP contribution in [0.5, 0.6) is 0 Å². The van der Waals surface area contributed by atoms with E-state index in [1.165, 1.54) is 14.5 Å². The van der Waals surface area contributed by atoms with Crippen LogP contribution in [0, 0.1) is 3.57 Å². The Kier molecular flexibility index (Phi) is 2.69. The molecule has 0 aromatic heterocycles.